The summed E-state index contributed by atoms with van der Waals surface area (Å²) in [6, 6.07) is 13.5. The summed E-state index contributed by atoms with van der Waals surface area (Å²) in [5.74, 6) is 5.37. The summed E-state index contributed by atoms with van der Waals surface area (Å²) in [5.41, 5.74) is 7.16. The number of benzene rings is 2. The Balaban J connectivity index is 2.23. The van der Waals surface area contributed by atoms with Crippen LogP contribution in [0.3, 0.4) is 0 Å². The molecule has 1 amide bonds. The molecule has 3 N–H and O–H groups in total. The molecule has 0 unspecified atom stereocenters. The van der Waals surface area contributed by atoms with E-state index in [1.807, 2.05) is 43.3 Å². The van der Waals surface area contributed by atoms with Crippen LogP contribution in [0.4, 0.5) is 11.4 Å². The number of nitrogens with one attached hydrogen (secondary N) is 1. The van der Waals surface area contributed by atoms with E-state index < -0.39 is 0 Å². The molecule has 0 heterocycles. The van der Waals surface area contributed by atoms with E-state index in [1.165, 1.54) is 5.56 Å². The fourth-order valence-electron chi connectivity index (χ4n) is 2.22. The summed E-state index contributed by atoms with van der Waals surface area (Å²) >= 11 is 0. The predicted molar refractivity (Wildman–Crippen MR) is 87.5 cm³/mol. The summed E-state index contributed by atoms with van der Waals surface area (Å²) in [6.07, 6.45) is 0.991. The van der Waals surface area contributed by atoms with Crippen molar-refractivity contribution in [3.8, 4) is 0 Å². The number of aryl methyl sites for hydroxylation is 2. The second kappa shape index (κ2) is 6.41. The molecule has 0 saturated heterocycles. The van der Waals surface area contributed by atoms with Crippen molar-refractivity contribution in [3.63, 3.8) is 0 Å². The van der Waals surface area contributed by atoms with Crippen LogP contribution < -0.4 is 16.2 Å². The van der Waals surface area contributed by atoms with Crippen LogP contribution in [0.2, 0.25) is 0 Å². The van der Waals surface area contributed by atoms with Gasteiger partial charge in [0.15, 0.2) is 0 Å². The van der Waals surface area contributed by atoms with Gasteiger partial charge in [-0.1, -0.05) is 19.1 Å². The lowest BCUT2D eigenvalue weighted by Gasteiger charge is -2.18. The normalized spacial score (nSPS) is 10.3. The number of nitrogens with two attached hydrogens (primary N) is 1. The zero-order valence-electron chi connectivity index (χ0n) is 12.7. The highest BCUT2D eigenvalue weighted by atomic mass is 16.2. The smallest absolute Gasteiger partial charge is 0.258 e. The summed E-state index contributed by atoms with van der Waals surface area (Å²) in [6.45, 7) is 4.03. The first-order chi connectivity index (χ1) is 10.1. The van der Waals surface area contributed by atoms with Crippen LogP contribution in [-0.2, 0) is 6.42 Å². The van der Waals surface area contributed by atoms with Crippen LogP contribution >= 0.6 is 0 Å². The number of hydrogen-bond acceptors (Lipinski definition) is 3. The van der Waals surface area contributed by atoms with Crippen LogP contribution in [0.1, 0.15) is 28.4 Å². The highest BCUT2D eigenvalue weighted by molar-refractivity contribution is 6.06. The minimum Gasteiger partial charge on any atom is -0.324 e. The highest BCUT2D eigenvalue weighted by Gasteiger charge is 2.14. The molecule has 2 aromatic rings. The average Bonchev–Trinajstić information content (AvgIpc) is 2.53. The zero-order valence-corrected chi connectivity index (χ0v) is 12.7. The van der Waals surface area contributed by atoms with Crippen LogP contribution in [0.5, 0.6) is 0 Å². The summed E-state index contributed by atoms with van der Waals surface area (Å²) < 4.78 is 0. The van der Waals surface area contributed by atoms with E-state index >= 15 is 0 Å². The molecule has 110 valence electrons. The van der Waals surface area contributed by atoms with Gasteiger partial charge in [-0.05, 0) is 54.8 Å². The first-order valence-corrected chi connectivity index (χ1v) is 7.01. The molecule has 0 radical (unpaired) electrons. The van der Waals surface area contributed by atoms with Gasteiger partial charge in [0.1, 0.15) is 0 Å². The van der Waals surface area contributed by atoms with Gasteiger partial charge in [-0.25, -0.2) is 0 Å². The van der Waals surface area contributed by atoms with E-state index in [4.69, 9.17) is 5.84 Å². The molecule has 0 atom stereocenters. The Morgan fingerprint density at radius 1 is 1.19 bits per heavy atom. The standard InChI is InChI=1S/C17H21N3O/c1-4-13-5-8-15(9-6-13)20(3)17(21)14-7-10-16(19-18)12(2)11-14/h5-11,19H,4,18H2,1-3H3. The highest BCUT2D eigenvalue weighted by Crippen LogP contribution is 2.20. The molecule has 4 heteroatoms. The number of hydrogen-bond donors (Lipinski definition) is 2. The third-order valence-corrected chi connectivity index (χ3v) is 3.67. The molecule has 0 aliphatic heterocycles. The fourth-order valence-corrected chi connectivity index (χ4v) is 2.22. The minimum atomic E-state index is -0.0362. The monoisotopic (exact) mass is 283 g/mol. The lowest BCUT2D eigenvalue weighted by molar-refractivity contribution is 0.0993. The second-order valence-corrected chi connectivity index (χ2v) is 5.06. The van der Waals surface area contributed by atoms with Gasteiger partial charge in [-0.2, -0.15) is 0 Å². The Morgan fingerprint density at radius 2 is 1.86 bits per heavy atom. The number of nitrogen functional groups attached to an aromatic ring is 1. The van der Waals surface area contributed by atoms with Gasteiger partial charge in [0, 0.05) is 18.3 Å². The maximum absolute atomic E-state index is 12.5. The van der Waals surface area contributed by atoms with Crippen molar-refractivity contribution in [2.75, 3.05) is 17.4 Å². The van der Waals surface area contributed by atoms with Crippen molar-refractivity contribution in [1.82, 2.24) is 0 Å². The molecule has 2 rings (SSSR count). The Labute approximate surface area is 125 Å². The lowest BCUT2D eigenvalue weighted by Crippen LogP contribution is -2.26. The van der Waals surface area contributed by atoms with E-state index in [9.17, 15) is 4.79 Å². The third kappa shape index (κ3) is 3.23. The van der Waals surface area contributed by atoms with E-state index in [0.29, 0.717) is 5.56 Å². The van der Waals surface area contributed by atoms with Crippen molar-refractivity contribution in [2.24, 2.45) is 5.84 Å². The fraction of sp³-hybridized carbons (Fsp3) is 0.235. The Kier molecular flexibility index (Phi) is 4.60. The van der Waals surface area contributed by atoms with Gasteiger partial charge in [-0.3, -0.25) is 10.6 Å². The van der Waals surface area contributed by atoms with Gasteiger partial charge in [0.05, 0.1) is 5.69 Å². The molecule has 21 heavy (non-hydrogen) atoms. The molecule has 0 saturated carbocycles. The summed E-state index contributed by atoms with van der Waals surface area (Å²) in [4.78, 5) is 14.2. The molecule has 0 aliphatic carbocycles. The Hall–Kier alpha value is -2.33. The predicted octanol–water partition coefficient (Wildman–Crippen LogP) is 3.12. The second-order valence-electron chi connectivity index (χ2n) is 5.06. The molecule has 0 spiro atoms. The topological polar surface area (TPSA) is 58.4 Å². The first-order valence-electron chi connectivity index (χ1n) is 7.01. The van der Waals surface area contributed by atoms with Crippen molar-refractivity contribution in [3.05, 3.63) is 59.2 Å². The van der Waals surface area contributed by atoms with Crippen LogP contribution in [0.15, 0.2) is 42.5 Å². The molecular formula is C17H21N3O. The number of rotatable bonds is 4. The van der Waals surface area contributed by atoms with Crippen molar-refractivity contribution in [1.29, 1.82) is 0 Å². The molecule has 0 aliphatic rings. The van der Waals surface area contributed by atoms with Gasteiger partial charge in [0.2, 0.25) is 0 Å². The molecule has 0 aromatic heterocycles. The van der Waals surface area contributed by atoms with Crippen LogP contribution in [0, 0.1) is 6.92 Å². The molecule has 0 fully saturated rings. The van der Waals surface area contributed by atoms with Gasteiger partial charge >= 0.3 is 0 Å². The Bertz CT molecular complexity index is 635. The maximum Gasteiger partial charge on any atom is 0.258 e. The zero-order chi connectivity index (χ0) is 15.4. The summed E-state index contributed by atoms with van der Waals surface area (Å²) in [5, 5.41) is 0. The number of hydrazine groups is 1. The number of carbonyl (C=O) groups excluding carboxylic acids is 1. The number of amides is 1. The minimum absolute atomic E-state index is 0.0362. The number of nitrogens with zero attached hydrogens (tertiary/aromatic N) is 1. The average molecular weight is 283 g/mol. The van der Waals surface area contributed by atoms with Gasteiger partial charge in [-0.15, -0.1) is 0 Å². The molecule has 4 nitrogen and oxygen atoms in total. The van der Waals surface area contributed by atoms with Gasteiger partial charge < -0.3 is 10.3 Å². The van der Waals surface area contributed by atoms with Crippen molar-refractivity contribution < 1.29 is 4.79 Å². The van der Waals surface area contributed by atoms with Gasteiger partial charge in [0.25, 0.3) is 5.91 Å². The lowest BCUT2D eigenvalue weighted by atomic mass is 10.1. The third-order valence-electron chi connectivity index (χ3n) is 3.67. The molecular weight excluding hydrogens is 262 g/mol. The van der Waals surface area contributed by atoms with Crippen molar-refractivity contribution in [2.45, 2.75) is 20.3 Å². The maximum atomic E-state index is 12.5. The first kappa shape index (κ1) is 15.1. The van der Waals surface area contributed by atoms with Crippen molar-refractivity contribution >= 4 is 17.3 Å². The largest absolute Gasteiger partial charge is 0.324 e. The van der Waals surface area contributed by atoms with E-state index in [2.05, 4.69) is 12.3 Å². The SMILES string of the molecule is CCc1ccc(N(C)C(=O)c2ccc(NN)c(C)c2)cc1. The van der Waals surface area contributed by atoms with Crippen LogP contribution in [0.25, 0.3) is 0 Å². The molecule has 0 bridgehead atoms. The summed E-state index contributed by atoms with van der Waals surface area (Å²) in [7, 11) is 1.79. The van der Waals surface area contributed by atoms with E-state index in [-0.39, 0.29) is 5.91 Å². The number of carbonyl (C=O) groups is 1. The number of anilines is 2. The molecule has 2 aromatic carbocycles. The van der Waals surface area contributed by atoms with Crippen LogP contribution in [-0.4, -0.2) is 13.0 Å². The van der Waals surface area contributed by atoms with E-state index in [1.54, 1.807) is 18.0 Å². The Morgan fingerprint density at radius 3 is 2.38 bits per heavy atom. The van der Waals surface area contributed by atoms with E-state index in [0.717, 1.165) is 23.4 Å². The quantitative estimate of drug-likeness (QED) is 0.669.